The summed E-state index contributed by atoms with van der Waals surface area (Å²) >= 11 is 0. The van der Waals surface area contributed by atoms with Gasteiger partial charge in [-0.2, -0.15) is 5.26 Å². The Kier molecular flexibility index (Phi) is 3.07. The Morgan fingerprint density at radius 3 is 2.33 bits per heavy atom. The number of nitrogens with two attached hydrogens (primary N) is 1. The summed E-state index contributed by atoms with van der Waals surface area (Å²) in [5, 5.41) is 8.76. The molecule has 5 heteroatoms. The van der Waals surface area contributed by atoms with Crippen LogP contribution in [0.5, 0.6) is 0 Å². The third-order valence-electron chi connectivity index (χ3n) is 3.54. The van der Waals surface area contributed by atoms with Gasteiger partial charge < -0.3 is 5.73 Å². The normalized spacial score (nSPS) is 21.3. The second-order valence-electron chi connectivity index (χ2n) is 4.82. The number of hydrogen-bond donors (Lipinski definition) is 1. The molecule has 0 saturated heterocycles. The molecule has 0 aliphatic heterocycles. The van der Waals surface area contributed by atoms with E-state index in [1.807, 2.05) is 0 Å². The monoisotopic (exact) mass is 254 g/mol. The molecule has 0 aromatic heterocycles. The SMILES string of the molecule is N#Cc1cc(C2(N)CCC(F)(F)CC2)ccc1F. The topological polar surface area (TPSA) is 49.8 Å². The van der Waals surface area contributed by atoms with Crippen molar-refractivity contribution in [1.29, 1.82) is 5.26 Å². The Morgan fingerprint density at radius 1 is 1.17 bits per heavy atom. The molecule has 2 N–H and O–H groups in total. The molecular formula is C13H13F3N2. The van der Waals surface area contributed by atoms with E-state index in [1.165, 1.54) is 12.1 Å². The summed E-state index contributed by atoms with van der Waals surface area (Å²) in [7, 11) is 0. The number of alkyl halides is 2. The first kappa shape index (κ1) is 12.9. The fourth-order valence-corrected chi connectivity index (χ4v) is 2.27. The highest BCUT2D eigenvalue weighted by Crippen LogP contribution is 2.42. The lowest BCUT2D eigenvalue weighted by molar-refractivity contribution is -0.0514. The van der Waals surface area contributed by atoms with Crippen molar-refractivity contribution in [2.45, 2.75) is 37.1 Å². The van der Waals surface area contributed by atoms with Crippen LogP contribution in [0.1, 0.15) is 36.8 Å². The quantitative estimate of drug-likeness (QED) is 0.837. The van der Waals surface area contributed by atoms with E-state index in [2.05, 4.69) is 0 Å². The van der Waals surface area contributed by atoms with Gasteiger partial charge in [0.15, 0.2) is 0 Å². The maximum atomic E-state index is 13.2. The molecule has 1 aliphatic carbocycles. The van der Waals surface area contributed by atoms with Gasteiger partial charge in [0.2, 0.25) is 5.92 Å². The maximum Gasteiger partial charge on any atom is 0.248 e. The molecule has 0 atom stereocenters. The van der Waals surface area contributed by atoms with E-state index < -0.39 is 17.3 Å². The van der Waals surface area contributed by atoms with Gasteiger partial charge in [-0.1, -0.05) is 6.07 Å². The smallest absolute Gasteiger partial charge is 0.248 e. The molecule has 0 heterocycles. The van der Waals surface area contributed by atoms with Gasteiger partial charge in [0, 0.05) is 18.4 Å². The van der Waals surface area contributed by atoms with Crippen molar-refractivity contribution in [3.63, 3.8) is 0 Å². The van der Waals surface area contributed by atoms with E-state index in [1.54, 1.807) is 6.07 Å². The predicted molar refractivity (Wildman–Crippen MR) is 60.4 cm³/mol. The molecule has 18 heavy (non-hydrogen) atoms. The molecule has 0 radical (unpaired) electrons. The van der Waals surface area contributed by atoms with Crippen LogP contribution in [0.4, 0.5) is 13.2 Å². The van der Waals surface area contributed by atoms with Gasteiger partial charge >= 0.3 is 0 Å². The Bertz CT molecular complexity index is 495. The fraction of sp³-hybridized carbons (Fsp3) is 0.462. The Balaban J connectivity index is 2.29. The Morgan fingerprint density at radius 2 is 1.78 bits per heavy atom. The minimum absolute atomic E-state index is 0.102. The summed E-state index contributed by atoms with van der Waals surface area (Å²) in [6.45, 7) is 0. The zero-order valence-electron chi connectivity index (χ0n) is 9.72. The highest BCUT2D eigenvalue weighted by Gasteiger charge is 2.42. The summed E-state index contributed by atoms with van der Waals surface area (Å²) in [5.41, 5.74) is 5.67. The Hall–Kier alpha value is -1.54. The van der Waals surface area contributed by atoms with Crippen LogP contribution in [0.15, 0.2) is 18.2 Å². The largest absolute Gasteiger partial charge is 0.321 e. The molecular weight excluding hydrogens is 241 g/mol. The van der Waals surface area contributed by atoms with Crippen molar-refractivity contribution < 1.29 is 13.2 Å². The third-order valence-corrected chi connectivity index (χ3v) is 3.54. The lowest BCUT2D eigenvalue weighted by Crippen LogP contribution is -2.43. The number of nitriles is 1. The molecule has 1 aliphatic rings. The molecule has 1 aromatic carbocycles. The summed E-state index contributed by atoms with van der Waals surface area (Å²) < 4.78 is 39.4. The van der Waals surface area contributed by atoms with Crippen LogP contribution in [0.3, 0.4) is 0 Å². The average molecular weight is 254 g/mol. The average Bonchev–Trinajstić information content (AvgIpc) is 2.34. The van der Waals surface area contributed by atoms with Gasteiger partial charge in [0.05, 0.1) is 5.56 Å². The zero-order chi connectivity index (χ0) is 13.4. The molecule has 0 bridgehead atoms. The van der Waals surface area contributed by atoms with E-state index in [4.69, 9.17) is 11.0 Å². The van der Waals surface area contributed by atoms with Crippen molar-refractivity contribution in [3.05, 3.63) is 35.1 Å². The molecule has 96 valence electrons. The molecule has 1 fully saturated rings. The van der Waals surface area contributed by atoms with Crippen LogP contribution < -0.4 is 5.73 Å². The van der Waals surface area contributed by atoms with Crippen molar-refractivity contribution in [2.75, 3.05) is 0 Å². The summed E-state index contributed by atoms with van der Waals surface area (Å²) in [6, 6.07) is 5.72. The van der Waals surface area contributed by atoms with E-state index in [0.717, 1.165) is 6.07 Å². The number of rotatable bonds is 1. The van der Waals surface area contributed by atoms with Gasteiger partial charge in [-0.15, -0.1) is 0 Å². The van der Waals surface area contributed by atoms with E-state index in [9.17, 15) is 13.2 Å². The lowest BCUT2D eigenvalue weighted by Gasteiger charge is -2.37. The van der Waals surface area contributed by atoms with Crippen LogP contribution in [-0.4, -0.2) is 5.92 Å². The first-order valence-corrected chi connectivity index (χ1v) is 5.73. The third kappa shape index (κ3) is 2.34. The highest BCUT2D eigenvalue weighted by atomic mass is 19.3. The molecule has 1 saturated carbocycles. The predicted octanol–water partition coefficient (Wildman–Crippen LogP) is 3.06. The summed E-state index contributed by atoms with van der Waals surface area (Å²) in [4.78, 5) is 0. The lowest BCUT2D eigenvalue weighted by atomic mass is 9.76. The van der Waals surface area contributed by atoms with E-state index >= 15 is 0 Å². The van der Waals surface area contributed by atoms with Crippen molar-refractivity contribution in [2.24, 2.45) is 5.73 Å². The molecule has 2 rings (SSSR count). The highest BCUT2D eigenvalue weighted by molar-refractivity contribution is 5.37. The minimum atomic E-state index is -2.67. The van der Waals surface area contributed by atoms with Crippen molar-refractivity contribution in [1.82, 2.24) is 0 Å². The second-order valence-corrected chi connectivity index (χ2v) is 4.82. The van der Waals surface area contributed by atoms with Gasteiger partial charge in [0.1, 0.15) is 11.9 Å². The summed E-state index contributed by atoms with van der Waals surface area (Å²) in [5.74, 6) is -3.29. The van der Waals surface area contributed by atoms with Crippen LogP contribution >= 0.6 is 0 Å². The second kappa shape index (κ2) is 4.29. The van der Waals surface area contributed by atoms with Crippen LogP contribution in [0, 0.1) is 17.1 Å². The number of nitrogens with zero attached hydrogens (tertiary/aromatic N) is 1. The minimum Gasteiger partial charge on any atom is -0.321 e. The van der Waals surface area contributed by atoms with Gasteiger partial charge in [-0.25, -0.2) is 13.2 Å². The molecule has 0 amide bonds. The van der Waals surface area contributed by atoms with Crippen LogP contribution in [0.25, 0.3) is 0 Å². The zero-order valence-corrected chi connectivity index (χ0v) is 9.72. The number of benzene rings is 1. The van der Waals surface area contributed by atoms with Gasteiger partial charge in [-0.05, 0) is 30.5 Å². The number of halogens is 3. The van der Waals surface area contributed by atoms with Crippen molar-refractivity contribution in [3.8, 4) is 6.07 Å². The molecule has 0 unspecified atom stereocenters. The van der Waals surface area contributed by atoms with Crippen molar-refractivity contribution >= 4 is 0 Å². The Labute approximate surface area is 103 Å². The van der Waals surface area contributed by atoms with Crippen LogP contribution in [-0.2, 0) is 5.54 Å². The first-order chi connectivity index (χ1) is 8.36. The van der Waals surface area contributed by atoms with Gasteiger partial charge in [-0.3, -0.25) is 0 Å². The summed E-state index contributed by atoms with van der Waals surface area (Å²) in [6.07, 6.45) is -0.279. The molecule has 0 spiro atoms. The first-order valence-electron chi connectivity index (χ1n) is 5.73. The number of hydrogen-bond acceptors (Lipinski definition) is 2. The molecule has 1 aromatic rings. The molecule has 2 nitrogen and oxygen atoms in total. The van der Waals surface area contributed by atoms with E-state index in [-0.39, 0.29) is 31.2 Å². The van der Waals surface area contributed by atoms with E-state index in [0.29, 0.717) is 5.56 Å². The fourth-order valence-electron chi connectivity index (χ4n) is 2.27. The maximum absolute atomic E-state index is 13.2. The van der Waals surface area contributed by atoms with Gasteiger partial charge in [0.25, 0.3) is 0 Å². The van der Waals surface area contributed by atoms with Crippen LogP contribution in [0.2, 0.25) is 0 Å². The standard InChI is InChI=1S/C13H13F3N2/c14-11-2-1-10(7-9(11)8-17)12(18)3-5-13(15,16)6-4-12/h1-2,7H,3-6,18H2.